The van der Waals surface area contributed by atoms with Crippen molar-refractivity contribution in [3.05, 3.63) is 78.6 Å². The molecule has 1 amide bonds. The summed E-state index contributed by atoms with van der Waals surface area (Å²) in [4.78, 5) is 17.0. The van der Waals surface area contributed by atoms with Crippen LogP contribution in [0.4, 0.5) is 5.69 Å². The molecule has 0 unspecified atom stereocenters. The first-order valence-corrected chi connectivity index (χ1v) is 9.24. The molecule has 0 bridgehead atoms. The van der Waals surface area contributed by atoms with Crippen molar-refractivity contribution >= 4 is 17.2 Å². The van der Waals surface area contributed by atoms with Crippen LogP contribution in [0.2, 0.25) is 0 Å². The predicted octanol–water partition coefficient (Wildman–Crippen LogP) is 4.34. The van der Waals surface area contributed by atoms with Crippen LogP contribution >= 0.6 is 0 Å². The van der Waals surface area contributed by atoms with E-state index in [-0.39, 0.29) is 12.5 Å². The van der Waals surface area contributed by atoms with Crippen molar-refractivity contribution < 1.29 is 14.3 Å². The van der Waals surface area contributed by atoms with Gasteiger partial charge in [0.25, 0.3) is 5.91 Å². The minimum Gasteiger partial charge on any atom is -0.497 e. The highest BCUT2D eigenvalue weighted by molar-refractivity contribution is 5.93. The van der Waals surface area contributed by atoms with E-state index in [9.17, 15) is 4.79 Å². The zero-order chi connectivity index (χ0) is 20.2. The summed E-state index contributed by atoms with van der Waals surface area (Å²) in [5.74, 6) is 1.12. The lowest BCUT2D eigenvalue weighted by atomic mass is 10.1. The molecule has 0 fully saturated rings. The van der Waals surface area contributed by atoms with Crippen LogP contribution < -0.4 is 14.8 Å². The Morgan fingerprint density at radius 2 is 1.86 bits per heavy atom. The van der Waals surface area contributed by atoms with Gasteiger partial charge in [-0.1, -0.05) is 18.2 Å². The molecule has 146 valence electrons. The highest BCUT2D eigenvalue weighted by atomic mass is 16.5. The number of fused-ring (bicyclic) bond motifs is 1. The van der Waals surface area contributed by atoms with Gasteiger partial charge in [0.2, 0.25) is 0 Å². The van der Waals surface area contributed by atoms with Crippen molar-refractivity contribution in [3.63, 3.8) is 0 Å². The summed E-state index contributed by atoms with van der Waals surface area (Å²) in [5.41, 5.74) is 4.37. The Morgan fingerprint density at radius 3 is 2.62 bits per heavy atom. The molecule has 4 aromatic rings. The third-order valence-corrected chi connectivity index (χ3v) is 4.60. The number of anilines is 1. The fourth-order valence-corrected chi connectivity index (χ4v) is 3.00. The summed E-state index contributed by atoms with van der Waals surface area (Å²) in [7, 11) is 1.60. The molecule has 0 saturated carbocycles. The van der Waals surface area contributed by atoms with E-state index in [4.69, 9.17) is 9.47 Å². The van der Waals surface area contributed by atoms with Gasteiger partial charge in [-0.05, 0) is 55.0 Å². The Balaban J connectivity index is 1.46. The number of hydrogen-bond acceptors (Lipinski definition) is 4. The van der Waals surface area contributed by atoms with Gasteiger partial charge in [0.15, 0.2) is 6.61 Å². The summed E-state index contributed by atoms with van der Waals surface area (Å²) in [6.07, 6.45) is 3.93. The number of nitrogens with one attached hydrogen (secondary N) is 1. The number of imidazole rings is 1. The van der Waals surface area contributed by atoms with Crippen molar-refractivity contribution in [1.29, 1.82) is 0 Å². The van der Waals surface area contributed by atoms with Crippen molar-refractivity contribution in [3.8, 4) is 22.8 Å². The first kappa shape index (κ1) is 18.6. The molecule has 29 heavy (non-hydrogen) atoms. The number of benzene rings is 2. The van der Waals surface area contributed by atoms with Crippen molar-refractivity contribution in [2.45, 2.75) is 6.92 Å². The number of amides is 1. The molecule has 0 radical (unpaired) electrons. The van der Waals surface area contributed by atoms with Gasteiger partial charge in [-0.3, -0.25) is 4.79 Å². The highest BCUT2D eigenvalue weighted by Crippen LogP contribution is 2.25. The van der Waals surface area contributed by atoms with Gasteiger partial charge < -0.3 is 19.2 Å². The van der Waals surface area contributed by atoms with Crippen LogP contribution in [0.3, 0.4) is 0 Å². The molecule has 6 heteroatoms. The van der Waals surface area contributed by atoms with E-state index in [0.29, 0.717) is 5.75 Å². The van der Waals surface area contributed by atoms with Crippen LogP contribution in [-0.4, -0.2) is 29.0 Å². The van der Waals surface area contributed by atoms with Gasteiger partial charge >= 0.3 is 0 Å². The lowest BCUT2D eigenvalue weighted by Gasteiger charge is -2.11. The first-order valence-electron chi connectivity index (χ1n) is 9.24. The van der Waals surface area contributed by atoms with E-state index in [1.807, 2.05) is 60.1 Å². The number of hydrogen-bond donors (Lipinski definition) is 1. The Morgan fingerprint density at radius 1 is 1.07 bits per heavy atom. The quantitative estimate of drug-likeness (QED) is 0.535. The van der Waals surface area contributed by atoms with Crippen LogP contribution in [0.5, 0.6) is 11.5 Å². The molecule has 0 saturated heterocycles. The molecule has 6 nitrogen and oxygen atoms in total. The second-order valence-electron chi connectivity index (χ2n) is 6.63. The van der Waals surface area contributed by atoms with Crippen LogP contribution in [0.1, 0.15) is 5.56 Å². The molecule has 0 aliphatic carbocycles. The lowest BCUT2D eigenvalue weighted by Crippen LogP contribution is -2.20. The fraction of sp³-hybridized carbons (Fsp3) is 0.130. The average Bonchev–Trinajstić information content (AvgIpc) is 3.18. The summed E-state index contributed by atoms with van der Waals surface area (Å²) in [6.45, 7) is 1.87. The number of nitrogens with zero attached hydrogens (tertiary/aromatic N) is 2. The Labute approximate surface area is 168 Å². The molecule has 2 aromatic carbocycles. The minimum atomic E-state index is -0.226. The number of pyridine rings is 1. The van der Waals surface area contributed by atoms with Crippen LogP contribution in [0, 0.1) is 6.92 Å². The van der Waals surface area contributed by atoms with Gasteiger partial charge in [0.05, 0.1) is 12.8 Å². The van der Waals surface area contributed by atoms with Gasteiger partial charge in [-0.25, -0.2) is 4.98 Å². The third kappa shape index (κ3) is 4.21. The van der Waals surface area contributed by atoms with E-state index in [2.05, 4.69) is 10.3 Å². The lowest BCUT2D eigenvalue weighted by molar-refractivity contribution is -0.118. The second kappa shape index (κ2) is 8.06. The zero-order valence-corrected chi connectivity index (χ0v) is 16.3. The van der Waals surface area contributed by atoms with Crippen molar-refractivity contribution in [1.82, 2.24) is 9.38 Å². The maximum atomic E-state index is 12.4. The number of methoxy groups -OCH3 is 1. The standard InChI is InChI=1S/C23H21N3O3/c1-16-6-7-17(21-14-26-12-4-3-5-22(26)24-21)13-20(16)25-23(27)15-29-19-10-8-18(28-2)9-11-19/h3-14H,15H2,1-2H3,(H,25,27). The number of carbonyl (C=O) groups excluding carboxylic acids is 1. The van der Waals surface area contributed by atoms with E-state index in [1.54, 1.807) is 31.4 Å². The normalized spacial score (nSPS) is 10.7. The fourth-order valence-electron chi connectivity index (χ4n) is 3.00. The van der Waals surface area contributed by atoms with E-state index in [0.717, 1.165) is 33.9 Å². The zero-order valence-electron chi connectivity index (χ0n) is 16.3. The highest BCUT2D eigenvalue weighted by Gasteiger charge is 2.10. The Hall–Kier alpha value is -3.80. The molecule has 4 rings (SSSR count). The van der Waals surface area contributed by atoms with E-state index < -0.39 is 0 Å². The topological polar surface area (TPSA) is 64.9 Å². The Kier molecular flexibility index (Phi) is 5.16. The maximum absolute atomic E-state index is 12.4. The van der Waals surface area contributed by atoms with Crippen LogP contribution in [0.15, 0.2) is 73.1 Å². The smallest absolute Gasteiger partial charge is 0.262 e. The SMILES string of the molecule is COc1ccc(OCC(=O)Nc2cc(-c3cn4ccccc4n3)ccc2C)cc1. The Bertz CT molecular complexity index is 1120. The molecule has 2 heterocycles. The first-order chi connectivity index (χ1) is 14.1. The van der Waals surface area contributed by atoms with Crippen molar-refractivity contribution in [2.75, 3.05) is 19.0 Å². The summed E-state index contributed by atoms with van der Waals surface area (Å²) < 4.78 is 12.6. The number of rotatable bonds is 6. The molecular formula is C23H21N3O3. The molecule has 0 spiro atoms. The van der Waals surface area contributed by atoms with Crippen molar-refractivity contribution in [2.24, 2.45) is 0 Å². The number of aromatic nitrogens is 2. The number of carbonyl (C=O) groups is 1. The molecule has 0 atom stereocenters. The molecule has 2 aromatic heterocycles. The maximum Gasteiger partial charge on any atom is 0.262 e. The molecule has 1 N–H and O–H groups in total. The third-order valence-electron chi connectivity index (χ3n) is 4.60. The molecule has 0 aliphatic rings. The minimum absolute atomic E-state index is 0.0790. The summed E-state index contributed by atoms with van der Waals surface area (Å²) in [6, 6.07) is 18.9. The predicted molar refractivity (Wildman–Crippen MR) is 112 cm³/mol. The molecule has 0 aliphatic heterocycles. The van der Waals surface area contributed by atoms with Gasteiger partial charge in [-0.15, -0.1) is 0 Å². The largest absolute Gasteiger partial charge is 0.497 e. The van der Waals surface area contributed by atoms with Crippen LogP contribution in [0.25, 0.3) is 16.9 Å². The van der Waals surface area contributed by atoms with E-state index in [1.165, 1.54) is 0 Å². The van der Waals surface area contributed by atoms with Gasteiger partial charge in [-0.2, -0.15) is 0 Å². The number of aryl methyl sites for hydroxylation is 1. The summed E-state index contributed by atoms with van der Waals surface area (Å²) >= 11 is 0. The monoisotopic (exact) mass is 387 g/mol. The average molecular weight is 387 g/mol. The van der Waals surface area contributed by atoms with Gasteiger partial charge in [0, 0.05) is 23.6 Å². The van der Waals surface area contributed by atoms with Crippen LogP contribution in [-0.2, 0) is 4.79 Å². The summed E-state index contributed by atoms with van der Waals surface area (Å²) in [5, 5.41) is 2.92. The van der Waals surface area contributed by atoms with E-state index >= 15 is 0 Å². The molecular weight excluding hydrogens is 366 g/mol. The van der Waals surface area contributed by atoms with Gasteiger partial charge in [0.1, 0.15) is 17.1 Å². The number of ether oxygens (including phenoxy) is 2. The second-order valence-corrected chi connectivity index (χ2v) is 6.63.